The van der Waals surface area contributed by atoms with E-state index in [2.05, 4.69) is 17.1 Å². The van der Waals surface area contributed by atoms with Crippen molar-refractivity contribution in [3.05, 3.63) is 39.6 Å². The number of nitrogen functional groups attached to an aromatic ring is 1. The van der Waals surface area contributed by atoms with Crippen LogP contribution >= 0.6 is 23.4 Å². The van der Waals surface area contributed by atoms with Gasteiger partial charge >= 0.3 is 0 Å². The molecule has 1 atom stereocenters. The molecule has 2 N–H and O–H groups in total. The lowest BCUT2D eigenvalue weighted by Gasteiger charge is -2.10. The summed E-state index contributed by atoms with van der Waals surface area (Å²) in [7, 11) is 0. The van der Waals surface area contributed by atoms with Gasteiger partial charge in [-0.3, -0.25) is 4.79 Å². The lowest BCUT2D eigenvalue weighted by atomic mass is 10.2. The summed E-state index contributed by atoms with van der Waals surface area (Å²) in [5.74, 6) is 5.81. The number of aromatic nitrogens is 3. The second kappa shape index (κ2) is 6.28. The Labute approximate surface area is 126 Å². The Morgan fingerprint density at radius 2 is 2.20 bits per heavy atom. The molecule has 2 rings (SSSR count). The normalized spacial score (nSPS) is 12.3. The van der Waals surface area contributed by atoms with Gasteiger partial charge in [0.05, 0.1) is 0 Å². The number of nitrogens with two attached hydrogens (primary N) is 1. The predicted molar refractivity (Wildman–Crippen MR) is 82.5 cm³/mol. The van der Waals surface area contributed by atoms with Crippen LogP contribution in [-0.2, 0) is 0 Å². The van der Waals surface area contributed by atoms with Crippen molar-refractivity contribution < 1.29 is 0 Å². The molecule has 0 spiro atoms. The number of thioether (sulfide) groups is 1. The largest absolute Gasteiger partial charge is 0.334 e. The maximum atomic E-state index is 12.3. The Hall–Kier alpha value is -1.53. The third-order valence-electron chi connectivity index (χ3n) is 2.84. The Morgan fingerprint density at radius 1 is 1.45 bits per heavy atom. The number of nitrogens with zero attached hydrogens (tertiary/aromatic N) is 3. The lowest BCUT2D eigenvalue weighted by Crippen LogP contribution is -2.32. The van der Waals surface area contributed by atoms with E-state index < -0.39 is 0 Å². The van der Waals surface area contributed by atoms with E-state index >= 15 is 0 Å². The van der Waals surface area contributed by atoms with Gasteiger partial charge in [0.15, 0.2) is 5.69 Å². The minimum Gasteiger partial charge on any atom is -0.334 e. The van der Waals surface area contributed by atoms with Gasteiger partial charge in [-0.05, 0) is 18.6 Å². The van der Waals surface area contributed by atoms with Gasteiger partial charge in [-0.1, -0.05) is 49.3 Å². The van der Waals surface area contributed by atoms with E-state index in [0.717, 1.165) is 11.1 Å². The number of rotatable bonds is 4. The van der Waals surface area contributed by atoms with Crippen LogP contribution < -0.4 is 11.4 Å². The quantitative estimate of drug-likeness (QED) is 0.694. The van der Waals surface area contributed by atoms with Crippen LogP contribution in [0.25, 0.3) is 11.3 Å². The van der Waals surface area contributed by atoms with Gasteiger partial charge in [0.2, 0.25) is 5.16 Å². The maximum Gasteiger partial charge on any atom is 0.299 e. The molecule has 0 saturated carbocycles. The minimum atomic E-state index is -0.381. The highest BCUT2D eigenvalue weighted by Crippen LogP contribution is 2.22. The molecule has 1 heterocycles. The Balaban J connectivity index is 2.44. The van der Waals surface area contributed by atoms with Crippen molar-refractivity contribution in [3.63, 3.8) is 0 Å². The lowest BCUT2D eigenvalue weighted by molar-refractivity contribution is 0.699. The molecule has 0 aliphatic heterocycles. The summed E-state index contributed by atoms with van der Waals surface area (Å²) < 4.78 is 1.04. The van der Waals surface area contributed by atoms with Crippen molar-refractivity contribution >= 4 is 23.4 Å². The zero-order valence-corrected chi connectivity index (χ0v) is 12.8. The van der Waals surface area contributed by atoms with E-state index in [9.17, 15) is 4.79 Å². The zero-order valence-electron chi connectivity index (χ0n) is 11.2. The molecule has 0 aliphatic carbocycles. The average molecular weight is 311 g/mol. The van der Waals surface area contributed by atoms with Crippen LogP contribution in [-0.4, -0.2) is 20.1 Å². The molecule has 1 aromatic carbocycles. The Kier molecular flexibility index (Phi) is 4.67. The third-order valence-corrected chi connectivity index (χ3v) is 4.30. The zero-order chi connectivity index (χ0) is 14.7. The molecule has 5 nitrogen and oxygen atoms in total. The molecule has 1 aromatic heterocycles. The van der Waals surface area contributed by atoms with E-state index in [1.54, 1.807) is 24.3 Å². The first-order valence-corrected chi connectivity index (χ1v) is 7.46. The molecule has 0 aliphatic rings. The van der Waals surface area contributed by atoms with Crippen LogP contribution in [0, 0.1) is 0 Å². The number of halogens is 1. The number of hydrogen-bond acceptors (Lipinski definition) is 5. The summed E-state index contributed by atoms with van der Waals surface area (Å²) in [5.41, 5.74) is 0.422. The van der Waals surface area contributed by atoms with Gasteiger partial charge in [-0.25, -0.2) is 0 Å². The first-order chi connectivity index (χ1) is 9.52. The van der Waals surface area contributed by atoms with Crippen molar-refractivity contribution in [2.75, 3.05) is 5.84 Å². The highest BCUT2D eigenvalue weighted by molar-refractivity contribution is 7.99. The van der Waals surface area contributed by atoms with Gasteiger partial charge in [-0.15, -0.1) is 10.2 Å². The van der Waals surface area contributed by atoms with Crippen LogP contribution in [0.3, 0.4) is 0 Å². The molecule has 0 radical (unpaired) electrons. The molecule has 0 fully saturated rings. The van der Waals surface area contributed by atoms with Crippen LogP contribution in [0.4, 0.5) is 0 Å². The summed E-state index contributed by atoms with van der Waals surface area (Å²) in [4.78, 5) is 12.3. The average Bonchev–Trinajstić information content (AvgIpc) is 2.44. The van der Waals surface area contributed by atoms with Gasteiger partial charge < -0.3 is 5.84 Å². The monoisotopic (exact) mass is 310 g/mol. The van der Waals surface area contributed by atoms with E-state index in [4.69, 9.17) is 17.4 Å². The SMILES string of the molecule is CCC(C)Sc1nnc(-c2cccc(Cl)c2)c(=O)n1N. The maximum absolute atomic E-state index is 12.3. The standard InChI is InChI=1S/C13H15ClN4OS/c1-3-8(2)20-13-17-16-11(12(19)18(13)15)9-5-4-6-10(14)7-9/h4-8H,3,15H2,1-2H3. The number of hydrogen-bond donors (Lipinski definition) is 1. The summed E-state index contributed by atoms with van der Waals surface area (Å²) in [6, 6.07) is 6.89. The molecule has 2 aromatic rings. The smallest absolute Gasteiger partial charge is 0.299 e. The van der Waals surface area contributed by atoms with Gasteiger partial charge in [0.1, 0.15) is 0 Å². The Bertz CT molecular complexity index is 674. The molecule has 0 amide bonds. The first kappa shape index (κ1) is 14.9. The minimum absolute atomic E-state index is 0.198. The third kappa shape index (κ3) is 3.13. The summed E-state index contributed by atoms with van der Waals surface area (Å²) >= 11 is 7.34. The highest BCUT2D eigenvalue weighted by Gasteiger charge is 2.14. The summed E-state index contributed by atoms with van der Waals surface area (Å²) in [6.45, 7) is 4.10. The summed E-state index contributed by atoms with van der Waals surface area (Å²) in [6.07, 6.45) is 0.955. The van der Waals surface area contributed by atoms with Gasteiger partial charge in [0.25, 0.3) is 5.56 Å². The second-order valence-corrected chi connectivity index (χ2v) is 6.20. The molecular formula is C13H15ClN4OS. The molecule has 0 saturated heterocycles. The molecular weight excluding hydrogens is 296 g/mol. The van der Waals surface area contributed by atoms with E-state index in [1.807, 2.05) is 6.92 Å². The topological polar surface area (TPSA) is 73.8 Å². The van der Waals surface area contributed by atoms with Crippen LogP contribution in [0.5, 0.6) is 0 Å². The van der Waals surface area contributed by atoms with Gasteiger partial charge in [-0.2, -0.15) is 4.68 Å². The molecule has 20 heavy (non-hydrogen) atoms. The predicted octanol–water partition coefficient (Wildman–Crippen LogP) is 2.56. The van der Waals surface area contributed by atoms with Crippen molar-refractivity contribution in [2.24, 2.45) is 0 Å². The van der Waals surface area contributed by atoms with Crippen LogP contribution in [0.15, 0.2) is 34.2 Å². The highest BCUT2D eigenvalue weighted by atomic mass is 35.5. The summed E-state index contributed by atoms with van der Waals surface area (Å²) in [5, 5.41) is 9.30. The Morgan fingerprint density at radius 3 is 2.85 bits per heavy atom. The van der Waals surface area contributed by atoms with Crippen LogP contribution in [0.2, 0.25) is 5.02 Å². The van der Waals surface area contributed by atoms with Crippen molar-refractivity contribution in [1.82, 2.24) is 14.9 Å². The molecule has 1 unspecified atom stereocenters. The molecule has 0 bridgehead atoms. The van der Waals surface area contributed by atoms with Crippen LogP contribution in [0.1, 0.15) is 20.3 Å². The van der Waals surface area contributed by atoms with Crippen molar-refractivity contribution in [2.45, 2.75) is 30.7 Å². The van der Waals surface area contributed by atoms with Crippen molar-refractivity contribution in [3.8, 4) is 11.3 Å². The van der Waals surface area contributed by atoms with E-state index in [-0.39, 0.29) is 11.3 Å². The fourth-order valence-corrected chi connectivity index (χ4v) is 2.55. The molecule has 7 heteroatoms. The van der Waals surface area contributed by atoms with Crippen molar-refractivity contribution in [1.29, 1.82) is 0 Å². The fourth-order valence-electron chi connectivity index (χ4n) is 1.55. The van der Waals surface area contributed by atoms with Gasteiger partial charge in [0, 0.05) is 15.8 Å². The first-order valence-electron chi connectivity index (χ1n) is 6.20. The van der Waals surface area contributed by atoms with E-state index in [1.165, 1.54) is 11.8 Å². The number of benzene rings is 1. The second-order valence-electron chi connectivity index (χ2n) is 4.35. The van der Waals surface area contributed by atoms with E-state index in [0.29, 0.717) is 21.0 Å². The fraction of sp³-hybridized carbons (Fsp3) is 0.308. The molecule has 106 valence electrons.